The maximum atomic E-state index is 12.4. The van der Waals surface area contributed by atoms with Crippen molar-refractivity contribution < 1.29 is 18.3 Å². The lowest BCUT2D eigenvalue weighted by Crippen LogP contribution is -2.48. The molecule has 0 aliphatic rings. The van der Waals surface area contributed by atoms with Gasteiger partial charge < -0.3 is 5.11 Å². The Hall–Kier alpha value is -0.250. The van der Waals surface area contributed by atoms with Gasteiger partial charge in [-0.3, -0.25) is 0 Å². The highest BCUT2D eigenvalue weighted by atomic mass is 19.4. The topological polar surface area (TPSA) is 20.2 Å². The summed E-state index contributed by atoms with van der Waals surface area (Å²) in [5.41, 5.74) is -2.54. The van der Waals surface area contributed by atoms with Crippen molar-refractivity contribution >= 4 is 0 Å². The molecule has 0 aliphatic carbocycles. The van der Waals surface area contributed by atoms with E-state index in [4.69, 9.17) is 0 Å². The van der Waals surface area contributed by atoms with Gasteiger partial charge in [-0.25, -0.2) is 0 Å². The first-order valence-corrected chi connectivity index (χ1v) is 5.06. The Morgan fingerprint density at radius 1 is 1.21 bits per heavy atom. The molecular weight excluding hydrogens is 193 g/mol. The highest BCUT2D eigenvalue weighted by Gasteiger charge is 2.53. The van der Waals surface area contributed by atoms with Gasteiger partial charge >= 0.3 is 6.18 Å². The van der Waals surface area contributed by atoms with Crippen LogP contribution in [0.15, 0.2) is 0 Å². The first-order valence-electron chi connectivity index (χ1n) is 5.06. The van der Waals surface area contributed by atoms with Crippen molar-refractivity contribution in [3.8, 4) is 0 Å². The summed E-state index contributed by atoms with van der Waals surface area (Å²) in [6.07, 6.45) is -2.16. The van der Waals surface area contributed by atoms with Crippen LogP contribution in [0.2, 0.25) is 0 Å². The monoisotopic (exact) mass is 212 g/mol. The molecule has 0 radical (unpaired) electrons. The van der Waals surface area contributed by atoms with Gasteiger partial charge in [-0.05, 0) is 19.3 Å². The Balaban J connectivity index is 4.49. The molecular formula is C10H19F3O. The Morgan fingerprint density at radius 3 is 2.00 bits per heavy atom. The van der Waals surface area contributed by atoms with E-state index in [0.717, 1.165) is 19.8 Å². The number of unbranched alkanes of at least 4 members (excludes halogenated alkanes) is 1. The van der Waals surface area contributed by atoms with Crippen LogP contribution in [0.3, 0.4) is 0 Å². The van der Waals surface area contributed by atoms with E-state index in [2.05, 4.69) is 0 Å². The molecule has 0 aromatic heterocycles. The smallest absolute Gasteiger partial charge is 0.380 e. The van der Waals surface area contributed by atoms with E-state index in [-0.39, 0.29) is 0 Å². The molecule has 86 valence electrons. The highest BCUT2D eigenvalue weighted by Crippen LogP contribution is 2.39. The molecule has 0 aromatic carbocycles. The predicted octanol–water partition coefficient (Wildman–Crippen LogP) is 3.52. The van der Waals surface area contributed by atoms with Crippen LogP contribution in [0.4, 0.5) is 13.2 Å². The van der Waals surface area contributed by atoms with Crippen LogP contribution in [-0.2, 0) is 0 Å². The molecule has 0 aliphatic heterocycles. The molecule has 4 heteroatoms. The van der Waals surface area contributed by atoms with Gasteiger partial charge in [0, 0.05) is 0 Å². The van der Waals surface area contributed by atoms with Crippen LogP contribution in [-0.4, -0.2) is 16.9 Å². The fourth-order valence-electron chi connectivity index (χ4n) is 1.56. The van der Waals surface area contributed by atoms with Crippen molar-refractivity contribution in [1.82, 2.24) is 0 Å². The second kappa shape index (κ2) is 5.01. The molecule has 1 N–H and O–H groups in total. The lowest BCUT2D eigenvalue weighted by atomic mass is 9.83. The first kappa shape index (κ1) is 13.8. The fraction of sp³-hybridized carbons (Fsp3) is 1.00. The van der Waals surface area contributed by atoms with E-state index in [1.54, 1.807) is 6.92 Å². The van der Waals surface area contributed by atoms with E-state index >= 15 is 0 Å². The van der Waals surface area contributed by atoms with Crippen LogP contribution >= 0.6 is 0 Å². The van der Waals surface area contributed by atoms with Crippen molar-refractivity contribution in [3.63, 3.8) is 0 Å². The minimum Gasteiger partial charge on any atom is -0.380 e. The lowest BCUT2D eigenvalue weighted by molar-refractivity contribution is -0.273. The number of halogens is 3. The summed E-state index contributed by atoms with van der Waals surface area (Å²) in [5.74, 6) is -0.692. The number of hydrogen-bond acceptors (Lipinski definition) is 1. The Kier molecular flexibility index (Phi) is 4.92. The molecule has 0 rings (SSSR count). The zero-order valence-electron chi connectivity index (χ0n) is 8.99. The van der Waals surface area contributed by atoms with E-state index < -0.39 is 17.7 Å². The van der Waals surface area contributed by atoms with Gasteiger partial charge in [-0.15, -0.1) is 0 Å². The first-order chi connectivity index (χ1) is 6.27. The second-order valence-corrected chi connectivity index (χ2v) is 3.89. The van der Waals surface area contributed by atoms with Gasteiger partial charge in [0.25, 0.3) is 0 Å². The zero-order chi connectivity index (χ0) is 11.4. The summed E-state index contributed by atoms with van der Waals surface area (Å²) < 4.78 is 37.3. The molecule has 0 aromatic rings. The summed E-state index contributed by atoms with van der Waals surface area (Å²) in [7, 11) is 0. The molecule has 0 amide bonds. The van der Waals surface area contributed by atoms with Crippen molar-refractivity contribution in [3.05, 3.63) is 0 Å². The van der Waals surface area contributed by atoms with Gasteiger partial charge in [0.05, 0.1) is 0 Å². The molecule has 0 saturated heterocycles. The molecule has 14 heavy (non-hydrogen) atoms. The summed E-state index contributed by atoms with van der Waals surface area (Å²) in [4.78, 5) is 0. The molecule has 0 fully saturated rings. The van der Waals surface area contributed by atoms with Crippen molar-refractivity contribution in [2.24, 2.45) is 5.92 Å². The van der Waals surface area contributed by atoms with E-state index in [1.807, 2.05) is 6.92 Å². The summed E-state index contributed by atoms with van der Waals surface area (Å²) in [5, 5.41) is 9.41. The Labute approximate surface area is 83.3 Å². The minimum absolute atomic E-state index is 0.354. The molecule has 0 saturated carbocycles. The quantitative estimate of drug-likeness (QED) is 0.739. The number of alkyl halides is 3. The van der Waals surface area contributed by atoms with Gasteiger partial charge in [-0.2, -0.15) is 13.2 Å². The summed E-state index contributed by atoms with van der Waals surface area (Å²) >= 11 is 0. The van der Waals surface area contributed by atoms with Gasteiger partial charge in [0.1, 0.15) is 0 Å². The lowest BCUT2D eigenvalue weighted by Gasteiger charge is -2.34. The number of hydrogen-bond donors (Lipinski definition) is 1. The maximum absolute atomic E-state index is 12.4. The predicted molar refractivity (Wildman–Crippen MR) is 50.0 cm³/mol. The van der Waals surface area contributed by atoms with Crippen LogP contribution < -0.4 is 0 Å². The van der Waals surface area contributed by atoms with E-state index in [1.165, 1.54) is 0 Å². The summed E-state index contributed by atoms with van der Waals surface area (Å²) in [6, 6.07) is 0. The number of rotatable bonds is 5. The molecule has 0 spiro atoms. The van der Waals surface area contributed by atoms with E-state index in [9.17, 15) is 18.3 Å². The van der Waals surface area contributed by atoms with Crippen LogP contribution in [0.25, 0.3) is 0 Å². The molecule has 0 heterocycles. The van der Waals surface area contributed by atoms with Gasteiger partial charge in [0.2, 0.25) is 0 Å². The Bertz CT molecular complexity index is 163. The SMILES string of the molecule is CCCCC(CC)C(C)(O)C(F)(F)F. The molecule has 2 atom stereocenters. The van der Waals surface area contributed by atoms with E-state index in [0.29, 0.717) is 12.8 Å². The third kappa shape index (κ3) is 3.15. The fourth-order valence-corrected chi connectivity index (χ4v) is 1.56. The maximum Gasteiger partial charge on any atom is 0.417 e. The third-order valence-electron chi connectivity index (χ3n) is 2.77. The van der Waals surface area contributed by atoms with Gasteiger partial charge in [-0.1, -0.05) is 33.1 Å². The van der Waals surface area contributed by atoms with Crippen molar-refractivity contribution in [2.75, 3.05) is 0 Å². The van der Waals surface area contributed by atoms with Crippen LogP contribution in [0, 0.1) is 5.92 Å². The zero-order valence-corrected chi connectivity index (χ0v) is 8.99. The Morgan fingerprint density at radius 2 is 1.71 bits per heavy atom. The normalized spacial score (nSPS) is 19.1. The number of aliphatic hydroxyl groups is 1. The molecule has 2 unspecified atom stereocenters. The standard InChI is InChI=1S/C10H19F3O/c1-4-6-7-8(5-2)9(3,14)10(11,12)13/h8,14H,4-7H2,1-3H3. The van der Waals surface area contributed by atoms with Crippen molar-refractivity contribution in [1.29, 1.82) is 0 Å². The van der Waals surface area contributed by atoms with Gasteiger partial charge in [0.15, 0.2) is 5.60 Å². The third-order valence-corrected chi connectivity index (χ3v) is 2.77. The average Bonchev–Trinajstić information content (AvgIpc) is 2.03. The minimum atomic E-state index is -4.53. The highest BCUT2D eigenvalue weighted by molar-refractivity contribution is 4.88. The van der Waals surface area contributed by atoms with Crippen LogP contribution in [0.5, 0.6) is 0 Å². The molecule has 1 nitrogen and oxygen atoms in total. The molecule has 0 bridgehead atoms. The summed E-state index contributed by atoms with van der Waals surface area (Å²) in [6.45, 7) is 4.48. The average molecular weight is 212 g/mol. The van der Waals surface area contributed by atoms with Crippen molar-refractivity contribution in [2.45, 2.75) is 58.2 Å². The largest absolute Gasteiger partial charge is 0.417 e. The van der Waals surface area contributed by atoms with Crippen LogP contribution in [0.1, 0.15) is 46.5 Å². The second-order valence-electron chi connectivity index (χ2n) is 3.89.